The van der Waals surface area contributed by atoms with E-state index in [0.29, 0.717) is 0 Å². The van der Waals surface area contributed by atoms with Crippen LogP contribution in [0.3, 0.4) is 0 Å². The van der Waals surface area contributed by atoms with E-state index in [0.717, 1.165) is -0.0619 Å². The molecule has 3 radical (unpaired) electrons. The summed E-state index contributed by atoms with van der Waals surface area (Å²) >= 11 is 6.95. The molecule has 4 heteroatoms. The van der Waals surface area contributed by atoms with Crippen LogP contribution in [0, 0.1) is 0 Å². The highest BCUT2D eigenvalue weighted by atomic mass is 127. The van der Waals surface area contributed by atoms with Gasteiger partial charge in [-0.25, -0.2) is 0 Å². The van der Waals surface area contributed by atoms with E-state index in [1.54, 1.807) is 0 Å². The summed E-state index contributed by atoms with van der Waals surface area (Å²) in [5, 5.41) is 0. The number of alkyl halides is 3. The van der Waals surface area contributed by atoms with Gasteiger partial charge in [-0.3, -0.25) is 0 Å². The maximum atomic E-state index is 2.32. The lowest BCUT2D eigenvalue weighted by molar-refractivity contribution is 2.47. The Morgan fingerprint density at radius 3 is 1.00 bits per heavy atom. The third-order valence-electron chi connectivity index (χ3n) is 0. The van der Waals surface area contributed by atoms with E-state index in [2.05, 4.69) is 67.8 Å². The van der Waals surface area contributed by atoms with Crippen LogP contribution in [0.25, 0.3) is 0 Å². The molecule has 5 heavy (non-hydrogen) atoms. The molecule has 0 nitrogen and oxygen atoms in total. The van der Waals surface area contributed by atoms with Crippen LogP contribution >= 0.6 is 67.8 Å². The summed E-state index contributed by atoms with van der Waals surface area (Å²) in [4.78, 5) is 0. The van der Waals surface area contributed by atoms with Gasteiger partial charge in [0.1, 0.15) is -0.0619 Å². The first-order valence-corrected chi connectivity index (χ1v) is 4.39. The van der Waals surface area contributed by atoms with Crippen molar-refractivity contribution in [3.8, 4) is 0 Å². The topological polar surface area (TPSA) is 0 Å². The first kappa shape index (κ1) is 10.3. The van der Waals surface area contributed by atoms with Crippen molar-refractivity contribution in [3.05, 3.63) is 0 Å². The minimum atomic E-state index is 0. The summed E-state index contributed by atoms with van der Waals surface area (Å²) in [5.41, 5.74) is 0. The standard InChI is InChI=1S/CHI3.B/c2-1(3)4;/h1H;. The number of hydrogen-bond donors (Lipinski definition) is 0. The van der Waals surface area contributed by atoms with E-state index in [1.165, 1.54) is 0 Å². The molecule has 0 fully saturated rings. The van der Waals surface area contributed by atoms with Gasteiger partial charge in [0.25, 0.3) is 0 Å². The lowest BCUT2D eigenvalue weighted by Gasteiger charge is -1.71. The van der Waals surface area contributed by atoms with E-state index in [-0.39, 0.29) is 8.41 Å². The van der Waals surface area contributed by atoms with Crippen molar-refractivity contribution in [1.29, 1.82) is 0 Å². The SMILES string of the molecule is IC(I)I.[B]. The highest BCUT2D eigenvalue weighted by Gasteiger charge is 1.76. The molecule has 0 amide bonds. The van der Waals surface area contributed by atoms with E-state index >= 15 is 0 Å². The summed E-state index contributed by atoms with van der Waals surface area (Å²) in [7, 11) is 0. The van der Waals surface area contributed by atoms with E-state index in [1.807, 2.05) is 0 Å². The molecule has 0 aliphatic carbocycles. The van der Waals surface area contributed by atoms with E-state index in [4.69, 9.17) is 0 Å². The van der Waals surface area contributed by atoms with Gasteiger partial charge in [0.15, 0.2) is 0 Å². The van der Waals surface area contributed by atoms with Crippen LogP contribution < -0.4 is 0 Å². The minimum Gasteiger partial charge on any atom is -0.0592 e. The molecule has 0 aromatic carbocycles. The molecule has 0 aromatic heterocycles. The second kappa shape index (κ2) is 6.25. The van der Waals surface area contributed by atoms with Gasteiger partial charge in [-0.1, -0.05) is 67.8 Å². The fourth-order valence-electron chi connectivity index (χ4n) is 0. The van der Waals surface area contributed by atoms with Crippen molar-refractivity contribution in [3.63, 3.8) is 0 Å². The third-order valence-corrected chi connectivity index (χ3v) is 0. The second-order valence-electron chi connectivity index (χ2n) is 0.247. The molecule has 29 valence electrons. The Morgan fingerprint density at radius 1 is 1.00 bits per heavy atom. The molecule has 0 aromatic rings. The van der Waals surface area contributed by atoms with Crippen LogP contribution in [0.15, 0.2) is 0 Å². The summed E-state index contributed by atoms with van der Waals surface area (Å²) in [6, 6.07) is 0. The predicted octanol–water partition coefficient (Wildman–Crippen LogP) is 2.19. The number of rotatable bonds is 0. The van der Waals surface area contributed by atoms with Crippen LogP contribution in [0.2, 0.25) is 0 Å². The van der Waals surface area contributed by atoms with Gasteiger partial charge in [0.2, 0.25) is 0 Å². The summed E-state index contributed by atoms with van der Waals surface area (Å²) < 4.78 is 0.743. The Labute approximate surface area is 74.8 Å². The summed E-state index contributed by atoms with van der Waals surface area (Å²) in [6.07, 6.45) is 0. The fraction of sp³-hybridized carbons (Fsp3) is 1.00. The lowest BCUT2D eigenvalue weighted by Crippen LogP contribution is -1.47. The molecule has 0 N–H and O–H groups in total. The van der Waals surface area contributed by atoms with Crippen LogP contribution in [0.5, 0.6) is 0 Å². The highest BCUT2D eigenvalue weighted by Crippen LogP contribution is 2.16. The molecule has 0 atom stereocenters. The maximum absolute atomic E-state index is 2.32. The molecule has 0 heterocycles. The van der Waals surface area contributed by atoms with Crippen LogP contribution in [-0.4, -0.2) is 8.35 Å². The van der Waals surface area contributed by atoms with E-state index < -0.39 is 0 Å². The van der Waals surface area contributed by atoms with Crippen molar-refractivity contribution in [2.24, 2.45) is 0 Å². The Morgan fingerprint density at radius 2 is 1.00 bits per heavy atom. The van der Waals surface area contributed by atoms with Gasteiger partial charge in [-0.2, -0.15) is 0 Å². The maximum Gasteiger partial charge on any atom is 0.114 e. The first-order valence-electron chi connectivity index (χ1n) is 0.655. The molecule has 0 aliphatic heterocycles. The zero-order valence-electron chi connectivity index (χ0n) is 2.29. The lowest BCUT2D eigenvalue weighted by atomic mass is 10.8. The summed E-state index contributed by atoms with van der Waals surface area (Å²) in [6.45, 7) is 0. The largest absolute Gasteiger partial charge is 0.114 e. The van der Waals surface area contributed by atoms with Gasteiger partial charge in [-0.15, -0.1) is 0 Å². The van der Waals surface area contributed by atoms with Crippen LogP contribution in [-0.2, 0) is 0 Å². The van der Waals surface area contributed by atoms with Crippen molar-refractivity contribution >= 4 is 76.2 Å². The quantitative estimate of drug-likeness (QED) is 0.330. The second-order valence-corrected chi connectivity index (χ2v) is 11.1. The molecule has 0 rings (SSSR count). The van der Waals surface area contributed by atoms with Crippen LogP contribution in [0.4, 0.5) is 0 Å². The highest BCUT2D eigenvalue weighted by molar-refractivity contribution is 14.3. The molecular formula is CHBI3. The monoisotopic (exact) mass is 405 g/mol. The molecule has 0 spiro atoms. The average molecular weight is 405 g/mol. The molecule has 0 unspecified atom stereocenters. The van der Waals surface area contributed by atoms with Crippen molar-refractivity contribution in [1.82, 2.24) is 0 Å². The zero-order chi connectivity index (χ0) is 3.58. The minimum absolute atomic E-state index is 0. The van der Waals surface area contributed by atoms with Crippen LogP contribution in [0.1, 0.15) is 0 Å². The van der Waals surface area contributed by atoms with E-state index in [9.17, 15) is 0 Å². The molecule has 0 aliphatic rings. The molecule has 0 saturated heterocycles. The fourth-order valence-corrected chi connectivity index (χ4v) is 0. The van der Waals surface area contributed by atoms with Crippen molar-refractivity contribution in [2.45, 2.75) is -0.0619 Å². The first-order chi connectivity index (χ1) is 1.73. The Hall–Kier alpha value is 2.25. The normalized spacial score (nSPS) is 7.20. The third kappa shape index (κ3) is 22.3. The molecule has 0 bridgehead atoms. The number of halogens is 3. The Bertz CT molecular complexity index is 11.6. The average Bonchev–Trinajstić information content (AvgIpc) is 0.811. The van der Waals surface area contributed by atoms with Crippen molar-refractivity contribution < 1.29 is 0 Å². The molecular weight excluding hydrogens is 404 g/mol. The van der Waals surface area contributed by atoms with Gasteiger partial charge in [0, 0.05) is 8.41 Å². The van der Waals surface area contributed by atoms with Gasteiger partial charge in [-0.05, 0) is 0 Å². The molecule has 0 saturated carbocycles. The predicted molar refractivity (Wildman–Crippen MR) is 51.6 cm³/mol. The van der Waals surface area contributed by atoms with Gasteiger partial charge < -0.3 is 0 Å². The van der Waals surface area contributed by atoms with Gasteiger partial charge >= 0.3 is 0 Å². The van der Waals surface area contributed by atoms with Gasteiger partial charge in [0.05, 0.1) is 0 Å². The number of hydrogen-bond acceptors (Lipinski definition) is 0. The Balaban J connectivity index is 0. The summed E-state index contributed by atoms with van der Waals surface area (Å²) in [5.74, 6) is 0. The zero-order valence-corrected chi connectivity index (χ0v) is 8.76. The Kier molecular flexibility index (Phi) is 12.9. The smallest absolute Gasteiger partial charge is 0.0592 e. The van der Waals surface area contributed by atoms with Crippen molar-refractivity contribution in [2.75, 3.05) is 0 Å².